The molecule has 2 nitrogen and oxygen atoms in total. The highest BCUT2D eigenvalue weighted by atomic mass is 35.5. The molecule has 0 fully saturated rings. The number of anilines is 2. The molecule has 0 amide bonds. The number of rotatable bonds is 4. The van der Waals surface area contributed by atoms with Crippen LogP contribution in [0.15, 0.2) is 58.3 Å². The molecule has 3 rings (SSSR count). The van der Waals surface area contributed by atoms with Gasteiger partial charge in [0, 0.05) is 29.9 Å². The van der Waals surface area contributed by atoms with E-state index in [1.54, 1.807) is 4.42 Å². The summed E-state index contributed by atoms with van der Waals surface area (Å²) in [6.07, 6.45) is 0. The largest absolute Gasteiger partial charge is 0.339 e. The highest BCUT2D eigenvalue weighted by Gasteiger charge is 2.24. The number of hydrogen-bond donors (Lipinski definition) is 0. The van der Waals surface area contributed by atoms with Crippen LogP contribution in [-0.2, 0) is 0 Å². The summed E-state index contributed by atoms with van der Waals surface area (Å²) in [4.78, 5) is 5.07. The molecule has 0 N–H and O–H groups in total. The first kappa shape index (κ1) is 14.8. The maximum absolute atomic E-state index is 6.00. The Morgan fingerprint density at radius 3 is 2.10 bits per heavy atom. The van der Waals surface area contributed by atoms with Crippen molar-refractivity contribution in [1.29, 1.82) is 0 Å². The van der Waals surface area contributed by atoms with Crippen LogP contribution in [0.1, 0.15) is 6.92 Å². The maximum Gasteiger partial charge on any atom is 0.0552 e. The molecule has 2 aromatic rings. The van der Waals surface area contributed by atoms with Crippen LogP contribution in [0.2, 0.25) is 0 Å². The predicted octanol–water partition coefficient (Wildman–Crippen LogP) is 5.01. The monoisotopic (exact) mass is 318 g/mol. The van der Waals surface area contributed by atoms with Gasteiger partial charge in [-0.25, -0.2) is 4.42 Å². The summed E-state index contributed by atoms with van der Waals surface area (Å²) in [6.45, 7) is 4.08. The highest BCUT2D eigenvalue weighted by Crippen LogP contribution is 2.47. The molecule has 0 bridgehead atoms. The van der Waals surface area contributed by atoms with Crippen molar-refractivity contribution < 1.29 is 0 Å². The summed E-state index contributed by atoms with van der Waals surface area (Å²) >= 11 is 7.85. The minimum absolute atomic E-state index is 0.483. The van der Waals surface area contributed by atoms with Crippen LogP contribution in [-0.4, -0.2) is 24.6 Å². The van der Waals surface area contributed by atoms with Crippen molar-refractivity contribution in [3.63, 3.8) is 0 Å². The third-order valence-electron chi connectivity index (χ3n) is 3.59. The van der Waals surface area contributed by atoms with E-state index in [1.165, 1.54) is 21.2 Å². The molecule has 0 aliphatic carbocycles. The molecule has 21 heavy (non-hydrogen) atoms. The Bertz CT molecular complexity index is 584. The van der Waals surface area contributed by atoms with Gasteiger partial charge in [0.1, 0.15) is 0 Å². The normalized spacial score (nSPS) is 14.8. The van der Waals surface area contributed by atoms with Gasteiger partial charge in [0.25, 0.3) is 0 Å². The van der Waals surface area contributed by atoms with Crippen LogP contribution in [0.5, 0.6) is 0 Å². The summed E-state index contributed by atoms with van der Waals surface area (Å²) < 4.78 is 1.74. The summed E-state index contributed by atoms with van der Waals surface area (Å²) in [5.41, 5.74) is 2.59. The Hall–Kier alpha value is -1.16. The molecular formula is C17H19ClN2S. The Morgan fingerprint density at radius 1 is 1.05 bits per heavy atom. The maximum atomic E-state index is 6.00. The van der Waals surface area contributed by atoms with Crippen molar-refractivity contribution in [3.05, 3.63) is 48.5 Å². The van der Waals surface area contributed by atoms with Gasteiger partial charge in [-0.3, -0.25) is 0 Å². The van der Waals surface area contributed by atoms with Crippen LogP contribution < -0.4 is 4.90 Å². The van der Waals surface area contributed by atoms with Gasteiger partial charge in [-0.1, -0.05) is 43.0 Å². The number of hydrogen-bond acceptors (Lipinski definition) is 3. The van der Waals surface area contributed by atoms with E-state index in [1.807, 2.05) is 18.8 Å². The third-order valence-corrected chi connectivity index (χ3v) is 4.86. The summed E-state index contributed by atoms with van der Waals surface area (Å²) in [5.74, 6) is 0.483. The van der Waals surface area contributed by atoms with Crippen molar-refractivity contribution in [1.82, 2.24) is 4.42 Å². The van der Waals surface area contributed by atoms with Crippen LogP contribution in [0.4, 0.5) is 11.4 Å². The van der Waals surface area contributed by atoms with E-state index >= 15 is 0 Å². The molecule has 4 heteroatoms. The Labute approximate surface area is 135 Å². The lowest BCUT2D eigenvalue weighted by atomic mass is 10.1. The molecule has 1 unspecified atom stereocenters. The van der Waals surface area contributed by atoms with Gasteiger partial charge in [0.05, 0.1) is 11.4 Å². The molecule has 0 saturated carbocycles. The minimum atomic E-state index is 0.483. The van der Waals surface area contributed by atoms with Gasteiger partial charge in [-0.05, 0) is 42.0 Å². The standard InChI is InChI=1S/C17H19ClN2S/c1-13(11-19(2)18)12-20-14-7-3-5-9-16(14)21-17-10-6-4-8-15(17)20/h3-10,13H,11-12H2,1-2H3. The SMILES string of the molecule is CC(CN(C)Cl)CN1c2ccccc2Sc2ccccc21. The molecule has 0 radical (unpaired) electrons. The Balaban J connectivity index is 1.95. The van der Waals surface area contributed by atoms with Gasteiger partial charge < -0.3 is 4.90 Å². The number of benzene rings is 2. The van der Waals surface area contributed by atoms with Crippen molar-refractivity contribution in [3.8, 4) is 0 Å². The second-order valence-electron chi connectivity index (χ2n) is 5.54. The van der Waals surface area contributed by atoms with Crippen molar-refractivity contribution in [2.24, 2.45) is 5.92 Å². The van der Waals surface area contributed by atoms with Crippen LogP contribution in [0, 0.1) is 5.92 Å². The average Bonchev–Trinajstić information content (AvgIpc) is 2.46. The number of para-hydroxylation sites is 2. The van der Waals surface area contributed by atoms with E-state index in [0.29, 0.717) is 5.92 Å². The zero-order chi connectivity index (χ0) is 14.8. The fourth-order valence-corrected chi connectivity index (χ4v) is 4.11. The molecule has 2 aromatic carbocycles. The lowest BCUT2D eigenvalue weighted by Crippen LogP contribution is -2.30. The fourth-order valence-electron chi connectivity index (χ4n) is 2.78. The first-order chi connectivity index (χ1) is 10.1. The van der Waals surface area contributed by atoms with E-state index < -0.39 is 0 Å². The molecular weight excluding hydrogens is 300 g/mol. The van der Waals surface area contributed by atoms with Crippen molar-refractivity contribution in [2.75, 3.05) is 25.0 Å². The van der Waals surface area contributed by atoms with Crippen molar-refractivity contribution in [2.45, 2.75) is 16.7 Å². The number of nitrogens with zero attached hydrogens (tertiary/aromatic N) is 2. The smallest absolute Gasteiger partial charge is 0.0552 e. The Morgan fingerprint density at radius 2 is 1.57 bits per heavy atom. The first-order valence-corrected chi connectivity index (χ1v) is 8.31. The summed E-state index contributed by atoms with van der Waals surface area (Å²) in [6, 6.07) is 17.2. The average molecular weight is 319 g/mol. The summed E-state index contributed by atoms with van der Waals surface area (Å²) in [7, 11) is 1.91. The second-order valence-corrected chi connectivity index (χ2v) is 7.20. The molecule has 1 aliphatic rings. The summed E-state index contributed by atoms with van der Waals surface area (Å²) in [5, 5.41) is 0. The van der Waals surface area contributed by atoms with E-state index in [4.69, 9.17) is 11.8 Å². The third kappa shape index (κ3) is 3.20. The van der Waals surface area contributed by atoms with Crippen LogP contribution in [0.3, 0.4) is 0 Å². The molecule has 1 aliphatic heterocycles. The first-order valence-electron chi connectivity index (χ1n) is 7.15. The zero-order valence-electron chi connectivity index (χ0n) is 12.3. The lowest BCUT2D eigenvalue weighted by Gasteiger charge is -2.34. The van der Waals surface area contributed by atoms with Gasteiger partial charge in [-0.2, -0.15) is 0 Å². The highest BCUT2D eigenvalue weighted by molar-refractivity contribution is 7.99. The lowest BCUT2D eigenvalue weighted by molar-refractivity contribution is 0.432. The Kier molecular flexibility index (Phi) is 4.43. The predicted molar refractivity (Wildman–Crippen MR) is 91.7 cm³/mol. The quantitative estimate of drug-likeness (QED) is 0.732. The van der Waals surface area contributed by atoms with Crippen LogP contribution in [0.25, 0.3) is 0 Å². The van der Waals surface area contributed by atoms with E-state index in [-0.39, 0.29) is 0 Å². The van der Waals surface area contributed by atoms with E-state index in [9.17, 15) is 0 Å². The number of fused-ring (bicyclic) bond motifs is 2. The number of halogens is 1. The van der Waals surface area contributed by atoms with Gasteiger partial charge in [-0.15, -0.1) is 0 Å². The minimum Gasteiger partial charge on any atom is -0.339 e. The molecule has 110 valence electrons. The van der Waals surface area contributed by atoms with Crippen molar-refractivity contribution >= 4 is 34.9 Å². The van der Waals surface area contributed by atoms with Crippen LogP contribution >= 0.6 is 23.5 Å². The molecule has 0 aromatic heterocycles. The molecule has 0 spiro atoms. The van der Waals surface area contributed by atoms with Gasteiger partial charge >= 0.3 is 0 Å². The molecule has 1 heterocycles. The van der Waals surface area contributed by atoms with E-state index in [2.05, 4.69) is 60.4 Å². The second kappa shape index (κ2) is 6.30. The van der Waals surface area contributed by atoms with Gasteiger partial charge in [0.15, 0.2) is 0 Å². The topological polar surface area (TPSA) is 6.48 Å². The fraction of sp³-hybridized carbons (Fsp3) is 0.294. The van der Waals surface area contributed by atoms with Gasteiger partial charge in [0.2, 0.25) is 0 Å². The molecule has 0 saturated heterocycles. The molecule has 1 atom stereocenters. The zero-order valence-corrected chi connectivity index (χ0v) is 13.9. The van der Waals surface area contributed by atoms with E-state index in [0.717, 1.165) is 13.1 Å².